The van der Waals surface area contributed by atoms with E-state index in [-0.39, 0.29) is 29.5 Å². The molecule has 0 spiro atoms. The van der Waals surface area contributed by atoms with Gasteiger partial charge in [-0.05, 0) is 60.9 Å². The van der Waals surface area contributed by atoms with Crippen molar-refractivity contribution in [3.63, 3.8) is 0 Å². The number of rotatable bonds is 7. The molecule has 6 heteroatoms. The lowest BCUT2D eigenvalue weighted by Crippen LogP contribution is -2.31. The molecule has 1 aromatic heterocycles. The minimum atomic E-state index is -0.326. The number of fused-ring (bicyclic) bond motifs is 1. The number of halogens is 1. The van der Waals surface area contributed by atoms with Crippen LogP contribution >= 0.6 is 11.6 Å². The van der Waals surface area contributed by atoms with Crippen LogP contribution in [0, 0.1) is 6.92 Å². The summed E-state index contributed by atoms with van der Waals surface area (Å²) >= 11 is 6.00. The Morgan fingerprint density at radius 2 is 1.78 bits per heavy atom. The van der Waals surface area contributed by atoms with Crippen LogP contribution in [0.25, 0.3) is 22.3 Å². The van der Waals surface area contributed by atoms with Gasteiger partial charge in [-0.15, -0.1) is 0 Å². The van der Waals surface area contributed by atoms with E-state index in [1.165, 1.54) is 0 Å². The van der Waals surface area contributed by atoms with Gasteiger partial charge in [0.25, 0.3) is 5.91 Å². The Labute approximate surface area is 190 Å². The highest BCUT2D eigenvalue weighted by atomic mass is 35.5. The van der Waals surface area contributed by atoms with E-state index in [1.54, 1.807) is 36.4 Å². The topological polar surface area (TPSA) is 68.5 Å². The monoisotopic (exact) mass is 447 g/mol. The first-order valence-corrected chi connectivity index (χ1v) is 10.7. The summed E-state index contributed by atoms with van der Waals surface area (Å²) in [4.78, 5) is 25.5. The fraction of sp³-hybridized carbons (Fsp3) is 0.154. The first-order valence-electron chi connectivity index (χ1n) is 10.3. The molecule has 3 aromatic carbocycles. The minimum Gasteiger partial charge on any atom is -0.476 e. The maximum atomic E-state index is 13.2. The number of hydrogen-bond acceptors (Lipinski definition) is 4. The van der Waals surface area contributed by atoms with Crippen molar-refractivity contribution in [2.75, 3.05) is 13.2 Å². The smallest absolute Gasteiger partial charge is 0.257 e. The van der Waals surface area contributed by atoms with Gasteiger partial charge in [-0.1, -0.05) is 48.0 Å². The first kappa shape index (κ1) is 21.7. The van der Waals surface area contributed by atoms with E-state index in [0.717, 1.165) is 11.1 Å². The van der Waals surface area contributed by atoms with Crippen LogP contribution in [-0.4, -0.2) is 19.1 Å². The maximum Gasteiger partial charge on any atom is 0.257 e. The van der Waals surface area contributed by atoms with Crippen LogP contribution in [-0.2, 0) is 11.2 Å². The van der Waals surface area contributed by atoms with Gasteiger partial charge in [0.15, 0.2) is 12.4 Å². The molecule has 5 nitrogen and oxygen atoms in total. The first-order chi connectivity index (χ1) is 15.5. The van der Waals surface area contributed by atoms with Crippen LogP contribution in [0.15, 0.2) is 82.0 Å². The van der Waals surface area contributed by atoms with E-state index in [0.29, 0.717) is 34.5 Å². The third-order valence-electron chi connectivity index (χ3n) is 5.04. The third-order valence-corrected chi connectivity index (χ3v) is 5.29. The number of benzene rings is 3. The van der Waals surface area contributed by atoms with E-state index in [1.807, 2.05) is 43.3 Å². The molecule has 4 rings (SSSR count). The normalized spacial score (nSPS) is 10.8. The molecule has 0 saturated carbocycles. The lowest BCUT2D eigenvalue weighted by molar-refractivity contribution is -0.123. The summed E-state index contributed by atoms with van der Waals surface area (Å²) < 4.78 is 11.8. The second-order valence-corrected chi connectivity index (χ2v) is 7.91. The Balaban J connectivity index is 1.56. The van der Waals surface area contributed by atoms with Crippen LogP contribution in [0.4, 0.5) is 0 Å². The number of carbonyl (C=O) groups excluding carboxylic acids is 1. The zero-order valence-corrected chi connectivity index (χ0v) is 18.3. The van der Waals surface area contributed by atoms with Gasteiger partial charge in [-0.3, -0.25) is 9.59 Å². The van der Waals surface area contributed by atoms with Gasteiger partial charge in [-0.25, -0.2) is 0 Å². The number of aryl methyl sites for hydroxylation is 1. The summed E-state index contributed by atoms with van der Waals surface area (Å²) in [6.07, 6.45) is 0.708. The maximum absolute atomic E-state index is 13.2. The van der Waals surface area contributed by atoms with Gasteiger partial charge in [0.05, 0.1) is 5.39 Å². The zero-order chi connectivity index (χ0) is 22.5. The van der Waals surface area contributed by atoms with Gasteiger partial charge >= 0.3 is 0 Å². The molecule has 0 bridgehead atoms. The molecule has 4 aromatic rings. The predicted octanol–water partition coefficient (Wildman–Crippen LogP) is 5.16. The van der Waals surface area contributed by atoms with Crippen molar-refractivity contribution in [1.29, 1.82) is 0 Å². The summed E-state index contributed by atoms with van der Waals surface area (Å²) in [5, 5.41) is 3.78. The van der Waals surface area contributed by atoms with E-state index in [9.17, 15) is 9.59 Å². The molecular weight excluding hydrogens is 426 g/mol. The molecule has 0 atom stereocenters. The number of amides is 1. The number of hydrogen-bond donors (Lipinski definition) is 1. The van der Waals surface area contributed by atoms with E-state index >= 15 is 0 Å². The van der Waals surface area contributed by atoms with Crippen molar-refractivity contribution in [3.05, 3.63) is 99.2 Å². The lowest BCUT2D eigenvalue weighted by atomic mass is 10.1. The number of nitrogens with one attached hydrogen (secondary N) is 1. The van der Waals surface area contributed by atoms with Crippen molar-refractivity contribution < 1.29 is 13.9 Å². The van der Waals surface area contributed by atoms with Gasteiger partial charge < -0.3 is 14.5 Å². The number of carbonyl (C=O) groups is 1. The molecule has 32 heavy (non-hydrogen) atoms. The quantitative estimate of drug-likeness (QED) is 0.425. The van der Waals surface area contributed by atoms with E-state index in [2.05, 4.69) is 5.32 Å². The Bertz CT molecular complexity index is 1300. The van der Waals surface area contributed by atoms with Crippen LogP contribution in [0.1, 0.15) is 11.1 Å². The second-order valence-electron chi connectivity index (χ2n) is 7.47. The molecule has 162 valence electrons. The van der Waals surface area contributed by atoms with Crippen LogP contribution in [0.5, 0.6) is 5.75 Å². The molecule has 0 aliphatic heterocycles. The minimum absolute atomic E-state index is 0.00175. The third kappa shape index (κ3) is 5.01. The van der Waals surface area contributed by atoms with Crippen molar-refractivity contribution in [1.82, 2.24) is 5.32 Å². The Morgan fingerprint density at radius 3 is 2.53 bits per heavy atom. The molecule has 0 radical (unpaired) electrons. The van der Waals surface area contributed by atoms with E-state index in [4.69, 9.17) is 20.8 Å². The molecule has 0 aliphatic rings. The van der Waals surface area contributed by atoms with Gasteiger partial charge in [0, 0.05) is 17.1 Å². The summed E-state index contributed by atoms with van der Waals surface area (Å²) in [5.74, 6) is -0.0462. The number of ether oxygens (including phenoxy) is 1. The summed E-state index contributed by atoms with van der Waals surface area (Å²) in [5.41, 5.74) is 2.86. The fourth-order valence-corrected chi connectivity index (χ4v) is 3.51. The highest BCUT2D eigenvalue weighted by molar-refractivity contribution is 6.30. The highest BCUT2D eigenvalue weighted by Gasteiger charge is 2.19. The van der Waals surface area contributed by atoms with Crippen molar-refractivity contribution >= 4 is 28.5 Å². The zero-order valence-electron chi connectivity index (χ0n) is 17.6. The largest absolute Gasteiger partial charge is 0.476 e. The Hall–Kier alpha value is -3.57. The van der Waals surface area contributed by atoms with Gasteiger partial charge in [0.1, 0.15) is 5.58 Å². The molecule has 0 unspecified atom stereocenters. The average Bonchev–Trinajstić information content (AvgIpc) is 2.79. The standard InChI is InChI=1S/C26H22ClNO4/c1-17-7-12-21-22(15-17)32-25(19-8-10-20(27)11-9-19)26(24(21)30)31-16-23(29)28-14-13-18-5-3-2-4-6-18/h2-12,15H,13-14,16H2,1H3,(H,28,29). The summed E-state index contributed by atoms with van der Waals surface area (Å²) in [6.45, 7) is 2.10. The molecule has 1 heterocycles. The Kier molecular flexibility index (Phi) is 6.57. The average molecular weight is 448 g/mol. The molecule has 0 saturated heterocycles. The van der Waals surface area contributed by atoms with Crippen LogP contribution < -0.4 is 15.5 Å². The lowest BCUT2D eigenvalue weighted by Gasteiger charge is -2.12. The van der Waals surface area contributed by atoms with Crippen LogP contribution in [0.2, 0.25) is 5.02 Å². The SMILES string of the molecule is Cc1ccc2c(=O)c(OCC(=O)NCCc3ccccc3)c(-c3ccc(Cl)cc3)oc2c1. The molecule has 0 fully saturated rings. The van der Waals surface area contributed by atoms with Crippen molar-refractivity contribution in [2.24, 2.45) is 0 Å². The molecule has 1 amide bonds. The predicted molar refractivity (Wildman–Crippen MR) is 126 cm³/mol. The Morgan fingerprint density at radius 1 is 1.03 bits per heavy atom. The van der Waals surface area contributed by atoms with Crippen molar-refractivity contribution in [2.45, 2.75) is 13.3 Å². The van der Waals surface area contributed by atoms with Gasteiger partial charge in [0.2, 0.25) is 11.2 Å². The van der Waals surface area contributed by atoms with Crippen molar-refractivity contribution in [3.8, 4) is 17.1 Å². The van der Waals surface area contributed by atoms with Gasteiger partial charge in [-0.2, -0.15) is 0 Å². The van der Waals surface area contributed by atoms with Crippen LogP contribution in [0.3, 0.4) is 0 Å². The molecule has 0 aliphatic carbocycles. The summed E-state index contributed by atoms with van der Waals surface area (Å²) in [7, 11) is 0. The fourth-order valence-electron chi connectivity index (χ4n) is 3.39. The summed E-state index contributed by atoms with van der Waals surface area (Å²) in [6, 6.07) is 22.1. The molecule has 1 N–H and O–H groups in total. The molecular formula is C26H22ClNO4. The highest BCUT2D eigenvalue weighted by Crippen LogP contribution is 2.32. The second kappa shape index (κ2) is 9.71. The van der Waals surface area contributed by atoms with E-state index < -0.39 is 0 Å².